The van der Waals surface area contributed by atoms with Crippen molar-refractivity contribution in [3.63, 3.8) is 0 Å². The van der Waals surface area contributed by atoms with E-state index in [4.69, 9.17) is 4.74 Å². The predicted molar refractivity (Wildman–Crippen MR) is 57.1 cm³/mol. The number of methoxy groups -OCH3 is 1. The van der Waals surface area contributed by atoms with E-state index < -0.39 is 0 Å². The molecule has 14 heavy (non-hydrogen) atoms. The third-order valence-electron chi connectivity index (χ3n) is 2.19. The maximum absolute atomic E-state index is 10.9. The molecule has 0 bridgehead atoms. The summed E-state index contributed by atoms with van der Waals surface area (Å²) in [4.78, 5) is 10.9. The third kappa shape index (κ3) is 2.13. The Hall–Kier alpha value is -1.31. The Morgan fingerprint density at radius 1 is 1.29 bits per heavy atom. The molecule has 0 aromatic heterocycles. The van der Waals surface area contributed by atoms with Crippen molar-refractivity contribution in [1.82, 2.24) is 0 Å². The fourth-order valence-corrected chi connectivity index (χ4v) is 1.45. The summed E-state index contributed by atoms with van der Waals surface area (Å²) in [5.74, 6) is 0.722. The monoisotopic (exact) mass is 192 g/mol. The molecule has 0 N–H and O–H groups in total. The summed E-state index contributed by atoms with van der Waals surface area (Å²) in [7, 11) is 1.60. The van der Waals surface area contributed by atoms with E-state index in [9.17, 15) is 4.79 Å². The maximum Gasteiger partial charge on any atom is 0.150 e. The number of carbonyl (C=O) groups excluding carboxylic acids is 1. The largest absolute Gasteiger partial charge is 0.497 e. The van der Waals surface area contributed by atoms with E-state index in [1.165, 1.54) is 0 Å². The van der Waals surface area contributed by atoms with Crippen LogP contribution in [0.5, 0.6) is 5.75 Å². The Labute approximate surface area is 84.9 Å². The van der Waals surface area contributed by atoms with Crippen LogP contribution < -0.4 is 4.74 Å². The zero-order chi connectivity index (χ0) is 10.8. The lowest BCUT2D eigenvalue weighted by Gasteiger charge is -2.21. The number of hydrogen-bond donors (Lipinski definition) is 0. The average molecular weight is 192 g/mol. The fraction of sp³-hybridized carbons (Fsp3) is 0.417. The average Bonchev–Trinajstić information content (AvgIpc) is 2.15. The molecule has 0 unspecified atom stereocenters. The minimum Gasteiger partial charge on any atom is -0.497 e. The van der Waals surface area contributed by atoms with Crippen LogP contribution in [0, 0.1) is 0 Å². The maximum atomic E-state index is 10.9. The van der Waals surface area contributed by atoms with E-state index in [0.717, 1.165) is 17.6 Å². The first-order chi connectivity index (χ1) is 6.49. The summed E-state index contributed by atoms with van der Waals surface area (Å²) in [5, 5.41) is 0. The van der Waals surface area contributed by atoms with Gasteiger partial charge in [0, 0.05) is 5.56 Å². The van der Waals surface area contributed by atoms with Gasteiger partial charge in [-0.05, 0) is 23.1 Å². The summed E-state index contributed by atoms with van der Waals surface area (Å²) in [6.07, 6.45) is 0.878. The summed E-state index contributed by atoms with van der Waals surface area (Å²) >= 11 is 0. The van der Waals surface area contributed by atoms with E-state index in [2.05, 4.69) is 20.8 Å². The molecular weight excluding hydrogens is 176 g/mol. The number of ether oxygens (including phenoxy) is 1. The second-order valence-electron chi connectivity index (χ2n) is 4.32. The van der Waals surface area contributed by atoms with Gasteiger partial charge in [0.15, 0.2) is 0 Å². The highest BCUT2D eigenvalue weighted by Crippen LogP contribution is 2.27. The number of aldehydes is 1. The molecule has 0 aliphatic heterocycles. The molecule has 2 nitrogen and oxygen atoms in total. The lowest BCUT2D eigenvalue weighted by Crippen LogP contribution is -2.14. The van der Waals surface area contributed by atoms with Crippen LogP contribution in [0.4, 0.5) is 0 Å². The van der Waals surface area contributed by atoms with Gasteiger partial charge in [0.2, 0.25) is 0 Å². The van der Waals surface area contributed by atoms with Crippen molar-refractivity contribution in [3.8, 4) is 5.75 Å². The molecule has 0 aliphatic carbocycles. The van der Waals surface area contributed by atoms with Gasteiger partial charge in [-0.2, -0.15) is 0 Å². The Morgan fingerprint density at radius 2 is 1.93 bits per heavy atom. The van der Waals surface area contributed by atoms with Crippen molar-refractivity contribution in [3.05, 3.63) is 29.3 Å². The van der Waals surface area contributed by atoms with Crippen molar-refractivity contribution in [2.75, 3.05) is 7.11 Å². The molecule has 0 amide bonds. The Bertz CT molecular complexity index is 335. The topological polar surface area (TPSA) is 26.3 Å². The van der Waals surface area contributed by atoms with Gasteiger partial charge in [0.25, 0.3) is 0 Å². The molecule has 0 saturated carbocycles. The first-order valence-corrected chi connectivity index (χ1v) is 4.62. The van der Waals surface area contributed by atoms with Gasteiger partial charge in [0.05, 0.1) is 7.11 Å². The smallest absolute Gasteiger partial charge is 0.150 e. The summed E-state index contributed by atoms with van der Waals surface area (Å²) in [6, 6.07) is 5.60. The highest BCUT2D eigenvalue weighted by Gasteiger charge is 2.17. The Kier molecular flexibility index (Phi) is 2.94. The quantitative estimate of drug-likeness (QED) is 0.673. The predicted octanol–water partition coefficient (Wildman–Crippen LogP) is 2.81. The van der Waals surface area contributed by atoms with Crippen LogP contribution in [0.1, 0.15) is 36.7 Å². The van der Waals surface area contributed by atoms with Gasteiger partial charge in [-0.3, -0.25) is 4.79 Å². The summed E-state index contributed by atoms with van der Waals surface area (Å²) in [6.45, 7) is 6.26. The van der Waals surface area contributed by atoms with Crippen molar-refractivity contribution in [2.24, 2.45) is 0 Å². The van der Waals surface area contributed by atoms with Gasteiger partial charge < -0.3 is 4.74 Å². The fourth-order valence-electron chi connectivity index (χ4n) is 1.45. The lowest BCUT2D eigenvalue weighted by atomic mass is 9.84. The van der Waals surface area contributed by atoms with Crippen LogP contribution in [0.25, 0.3) is 0 Å². The summed E-state index contributed by atoms with van der Waals surface area (Å²) < 4.78 is 5.07. The van der Waals surface area contributed by atoms with Gasteiger partial charge >= 0.3 is 0 Å². The van der Waals surface area contributed by atoms with Crippen LogP contribution in [-0.2, 0) is 5.41 Å². The van der Waals surface area contributed by atoms with Crippen LogP contribution in [0.15, 0.2) is 18.2 Å². The Balaban J connectivity index is 3.25. The molecule has 0 fully saturated rings. The molecule has 1 aromatic carbocycles. The molecule has 0 heterocycles. The van der Waals surface area contributed by atoms with Crippen molar-refractivity contribution < 1.29 is 9.53 Å². The molecule has 1 rings (SSSR count). The molecule has 76 valence electrons. The molecule has 0 radical (unpaired) electrons. The zero-order valence-corrected chi connectivity index (χ0v) is 9.13. The highest BCUT2D eigenvalue weighted by atomic mass is 16.5. The number of benzene rings is 1. The van der Waals surface area contributed by atoms with Crippen LogP contribution in [0.2, 0.25) is 0 Å². The van der Waals surface area contributed by atoms with Crippen LogP contribution >= 0.6 is 0 Å². The molecule has 1 aromatic rings. The number of carbonyl (C=O) groups is 1. The normalized spacial score (nSPS) is 11.1. The standard InChI is InChI=1S/C12H16O2/c1-12(2,3)11-6-5-10(14-4)7-9(11)8-13/h5-8H,1-4H3. The van der Waals surface area contributed by atoms with Gasteiger partial charge in [-0.15, -0.1) is 0 Å². The molecule has 0 saturated heterocycles. The molecular formula is C12H16O2. The van der Waals surface area contributed by atoms with E-state index in [1.807, 2.05) is 12.1 Å². The van der Waals surface area contributed by atoms with E-state index in [1.54, 1.807) is 13.2 Å². The van der Waals surface area contributed by atoms with E-state index in [0.29, 0.717) is 5.56 Å². The Morgan fingerprint density at radius 3 is 2.36 bits per heavy atom. The lowest BCUT2D eigenvalue weighted by molar-refractivity contribution is 0.112. The van der Waals surface area contributed by atoms with Gasteiger partial charge in [-0.1, -0.05) is 26.8 Å². The highest BCUT2D eigenvalue weighted by molar-refractivity contribution is 5.78. The number of rotatable bonds is 2. The summed E-state index contributed by atoms with van der Waals surface area (Å²) in [5.41, 5.74) is 1.74. The van der Waals surface area contributed by atoms with Crippen LogP contribution in [-0.4, -0.2) is 13.4 Å². The second-order valence-corrected chi connectivity index (χ2v) is 4.32. The molecule has 0 atom stereocenters. The van der Waals surface area contributed by atoms with Gasteiger partial charge in [0.1, 0.15) is 12.0 Å². The van der Waals surface area contributed by atoms with Crippen molar-refractivity contribution in [2.45, 2.75) is 26.2 Å². The minimum absolute atomic E-state index is 0.0114. The minimum atomic E-state index is -0.0114. The van der Waals surface area contributed by atoms with Crippen LogP contribution in [0.3, 0.4) is 0 Å². The first-order valence-electron chi connectivity index (χ1n) is 4.62. The van der Waals surface area contributed by atoms with Gasteiger partial charge in [-0.25, -0.2) is 0 Å². The zero-order valence-electron chi connectivity index (χ0n) is 9.13. The van der Waals surface area contributed by atoms with E-state index >= 15 is 0 Å². The van der Waals surface area contributed by atoms with E-state index in [-0.39, 0.29) is 5.41 Å². The second kappa shape index (κ2) is 3.82. The van der Waals surface area contributed by atoms with Crippen molar-refractivity contribution >= 4 is 6.29 Å². The SMILES string of the molecule is COc1ccc(C(C)(C)C)c(C=O)c1. The molecule has 2 heteroatoms. The van der Waals surface area contributed by atoms with Crippen molar-refractivity contribution in [1.29, 1.82) is 0 Å². The third-order valence-corrected chi connectivity index (χ3v) is 2.19. The molecule has 0 aliphatic rings. The molecule has 0 spiro atoms. The number of hydrogen-bond acceptors (Lipinski definition) is 2. The first kappa shape index (κ1) is 10.8.